The van der Waals surface area contributed by atoms with Crippen LogP contribution in [-0.2, 0) is 19.4 Å². The number of piperidine rings is 2. The van der Waals surface area contributed by atoms with Gasteiger partial charge in [-0.1, -0.05) is 15.5 Å². The fraction of sp³-hybridized carbons (Fsp3) is 0.476. The highest BCUT2D eigenvalue weighted by Gasteiger charge is 2.38. The van der Waals surface area contributed by atoms with E-state index >= 15 is 0 Å². The molecule has 2 aliphatic heterocycles. The highest BCUT2D eigenvalue weighted by molar-refractivity contribution is 7.97. The maximum atomic E-state index is 13.0. The van der Waals surface area contributed by atoms with Gasteiger partial charge in [0.25, 0.3) is 0 Å². The maximum absolute atomic E-state index is 13.0. The minimum absolute atomic E-state index is 0.0956. The molecule has 0 aliphatic carbocycles. The van der Waals surface area contributed by atoms with Crippen LogP contribution >= 0.6 is 11.3 Å². The van der Waals surface area contributed by atoms with Crippen LogP contribution in [0.15, 0.2) is 40.1 Å². The number of thiophene rings is 1. The molecule has 2 fully saturated rings. The predicted molar refractivity (Wildman–Crippen MR) is 118 cm³/mol. The fourth-order valence-corrected chi connectivity index (χ4v) is 7.18. The highest BCUT2D eigenvalue weighted by atomic mass is 32.3. The van der Waals surface area contributed by atoms with Crippen LogP contribution in [0.1, 0.15) is 37.4 Å². The zero-order valence-corrected chi connectivity index (χ0v) is 18.7. The zero-order chi connectivity index (χ0) is 21.4. The van der Waals surface area contributed by atoms with Crippen LogP contribution in [0.5, 0.6) is 0 Å². The summed E-state index contributed by atoms with van der Waals surface area (Å²) in [6.45, 7) is 2.22. The molecule has 164 valence electrons. The summed E-state index contributed by atoms with van der Waals surface area (Å²) in [7, 11) is -3.43. The summed E-state index contributed by atoms with van der Waals surface area (Å²) >= 11 is 1.24. The van der Waals surface area contributed by atoms with E-state index in [1.54, 1.807) is 23.7 Å². The minimum atomic E-state index is -3.43. The van der Waals surface area contributed by atoms with E-state index in [9.17, 15) is 13.6 Å². The van der Waals surface area contributed by atoms with Gasteiger partial charge in [0.1, 0.15) is 5.82 Å². The fourth-order valence-electron chi connectivity index (χ4n) is 4.57. The van der Waals surface area contributed by atoms with Crippen molar-refractivity contribution in [1.82, 2.24) is 24.2 Å². The normalized spacial score (nSPS) is 21.4. The van der Waals surface area contributed by atoms with Crippen LogP contribution in [0, 0.1) is 5.92 Å². The van der Waals surface area contributed by atoms with Gasteiger partial charge in [0.15, 0.2) is 16.0 Å². The Morgan fingerprint density at radius 2 is 1.90 bits per heavy atom. The molecule has 0 aromatic carbocycles. The molecular formula is C21H25N5O3S2. The van der Waals surface area contributed by atoms with E-state index in [1.807, 2.05) is 17.0 Å². The standard InChI is InChI=1S/C21H25N5O3S2/c27-21(16-7-12-26(13-8-16)31(28,29)18-4-2-14-30-18)25-10-5-15(6-11-25)19-23-17-3-1-9-22-20(17)24-19/h1-4,9,14-16H,5-8,10-13H2,(H-,22,23,24,28,29). The molecule has 31 heavy (non-hydrogen) atoms. The molecule has 3 aromatic rings. The summed E-state index contributed by atoms with van der Waals surface area (Å²) in [5, 5.41) is 1.77. The highest BCUT2D eigenvalue weighted by Crippen LogP contribution is 2.32. The van der Waals surface area contributed by atoms with Crippen LogP contribution in [0.25, 0.3) is 11.2 Å². The number of pyridine rings is 1. The Morgan fingerprint density at radius 3 is 2.58 bits per heavy atom. The summed E-state index contributed by atoms with van der Waals surface area (Å²) in [5.41, 5.74) is 1.68. The number of sulfonamides is 1. The first-order chi connectivity index (χ1) is 15.0. The van der Waals surface area contributed by atoms with Crippen molar-refractivity contribution in [3.63, 3.8) is 0 Å². The van der Waals surface area contributed by atoms with E-state index in [2.05, 4.69) is 15.0 Å². The zero-order valence-electron chi connectivity index (χ0n) is 17.1. The quantitative estimate of drug-likeness (QED) is 0.604. The molecule has 1 amide bonds. The van der Waals surface area contributed by atoms with Gasteiger partial charge in [0.2, 0.25) is 10.1 Å². The van der Waals surface area contributed by atoms with Crippen molar-refractivity contribution in [3.05, 3.63) is 41.7 Å². The van der Waals surface area contributed by atoms with Crippen molar-refractivity contribution in [2.24, 2.45) is 5.92 Å². The summed E-state index contributed by atoms with van der Waals surface area (Å²) < 4.78 is 27.3. The predicted octanol–water partition coefficient (Wildman–Crippen LogP) is 3.04. The van der Waals surface area contributed by atoms with Crippen LogP contribution in [-0.4, -0.2) is 60.8 Å². The number of carbonyl (C=O) groups excluding carboxylic acids is 1. The van der Waals surface area contributed by atoms with Gasteiger partial charge in [-0.25, -0.2) is 9.97 Å². The molecule has 0 saturated carbocycles. The van der Waals surface area contributed by atoms with Gasteiger partial charge in [-0.3, -0.25) is 4.79 Å². The van der Waals surface area contributed by atoms with Crippen molar-refractivity contribution in [2.45, 2.75) is 35.8 Å². The molecule has 5 heterocycles. The average Bonchev–Trinajstić information content (AvgIpc) is 3.49. The van der Waals surface area contributed by atoms with Gasteiger partial charge in [0, 0.05) is 50.3 Å². The van der Waals surface area contributed by atoms with E-state index in [1.165, 1.54) is 15.6 Å². The first-order valence-corrected chi connectivity index (χ1v) is 13.0. The molecule has 0 spiro atoms. The summed E-state index contributed by atoms with van der Waals surface area (Å²) in [6, 6.07) is 7.25. The third-order valence-corrected chi connectivity index (χ3v) is 9.63. The molecule has 1 N–H and O–H groups in total. The van der Waals surface area contributed by atoms with Crippen molar-refractivity contribution >= 4 is 38.8 Å². The third kappa shape index (κ3) is 4.05. The minimum Gasteiger partial charge on any atom is -0.592 e. The molecule has 5 rings (SSSR count). The number of likely N-dealkylation sites (tertiary alicyclic amines) is 1. The Bertz CT molecular complexity index is 1070. The van der Waals surface area contributed by atoms with E-state index in [-0.39, 0.29) is 11.8 Å². The summed E-state index contributed by atoms with van der Waals surface area (Å²) in [6.07, 6.45) is 4.65. The largest absolute Gasteiger partial charge is 0.592 e. The van der Waals surface area contributed by atoms with Gasteiger partial charge in [-0.05, 0) is 49.3 Å². The SMILES string of the molecule is O=C(C1CCN([S+](=O)([O-])c2cccs2)CC1)N1CCC(c2nc3ncccc3[nH]2)CC1. The molecule has 2 aliphatic rings. The summed E-state index contributed by atoms with van der Waals surface area (Å²) in [5.74, 6) is 1.32. The molecule has 8 nitrogen and oxygen atoms in total. The number of amides is 1. The molecule has 0 radical (unpaired) electrons. The van der Waals surface area contributed by atoms with Crippen LogP contribution < -0.4 is 0 Å². The topological polar surface area (TPSA) is 105 Å². The molecule has 1 unspecified atom stereocenters. The molecule has 0 bridgehead atoms. The smallest absolute Gasteiger partial charge is 0.229 e. The number of nitrogens with zero attached hydrogens (tertiary/aromatic N) is 4. The Hall–Kier alpha value is -2.14. The molecular weight excluding hydrogens is 434 g/mol. The van der Waals surface area contributed by atoms with Crippen LogP contribution in [0.3, 0.4) is 0 Å². The second-order valence-corrected chi connectivity index (χ2v) is 11.3. The number of H-pyrrole nitrogens is 1. The van der Waals surface area contributed by atoms with E-state index in [0.717, 1.165) is 29.8 Å². The van der Waals surface area contributed by atoms with Gasteiger partial charge in [0.05, 0.1) is 5.52 Å². The number of imidazole rings is 1. The molecule has 1 atom stereocenters. The number of aromatic nitrogens is 3. The number of rotatable bonds is 4. The first kappa shape index (κ1) is 20.7. The number of fused-ring (bicyclic) bond motifs is 1. The second kappa shape index (κ2) is 8.42. The molecule has 10 heteroatoms. The van der Waals surface area contributed by atoms with Crippen molar-refractivity contribution < 1.29 is 13.6 Å². The van der Waals surface area contributed by atoms with Gasteiger partial charge < -0.3 is 14.4 Å². The van der Waals surface area contributed by atoms with Gasteiger partial charge >= 0.3 is 0 Å². The lowest BCUT2D eigenvalue weighted by Gasteiger charge is -2.37. The number of hydrogen-bond donors (Lipinski definition) is 1. The lowest BCUT2D eigenvalue weighted by Crippen LogP contribution is -2.47. The van der Waals surface area contributed by atoms with E-state index in [0.29, 0.717) is 49.1 Å². The molecule has 2 saturated heterocycles. The Labute approximate surface area is 186 Å². The van der Waals surface area contributed by atoms with E-state index in [4.69, 9.17) is 0 Å². The Balaban J connectivity index is 1.15. The lowest BCUT2D eigenvalue weighted by molar-refractivity contribution is -0.137. The number of nitrogens with one attached hydrogen (secondary N) is 1. The Morgan fingerprint density at radius 1 is 1.13 bits per heavy atom. The van der Waals surface area contributed by atoms with E-state index < -0.39 is 10.4 Å². The lowest BCUT2D eigenvalue weighted by atomic mass is 9.92. The number of carbonyl (C=O) groups is 1. The van der Waals surface area contributed by atoms with Crippen molar-refractivity contribution in [3.8, 4) is 0 Å². The van der Waals surface area contributed by atoms with Crippen molar-refractivity contribution in [2.75, 3.05) is 26.2 Å². The van der Waals surface area contributed by atoms with Crippen molar-refractivity contribution in [1.29, 1.82) is 0 Å². The average molecular weight is 460 g/mol. The maximum Gasteiger partial charge on any atom is 0.229 e. The van der Waals surface area contributed by atoms with Crippen LogP contribution in [0.2, 0.25) is 0 Å². The monoisotopic (exact) mass is 459 g/mol. The summed E-state index contributed by atoms with van der Waals surface area (Å²) in [4.78, 5) is 27.3. The second-order valence-electron chi connectivity index (χ2n) is 8.21. The van der Waals surface area contributed by atoms with Gasteiger partial charge in [-0.2, -0.15) is 0 Å². The third-order valence-electron chi connectivity index (χ3n) is 6.36. The molecule has 3 aromatic heterocycles. The number of aromatic amines is 1. The Kier molecular flexibility index (Phi) is 5.63. The van der Waals surface area contributed by atoms with Crippen LogP contribution in [0.4, 0.5) is 0 Å². The van der Waals surface area contributed by atoms with Gasteiger partial charge in [-0.15, -0.1) is 4.31 Å². The number of hydrogen-bond acceptors (Lipinski definition) is 6. The first-order valence-electron chi connectivity index (χ1n) is 10.7.